The van der Waals surface area contributed by atoms with Gasteiger partial charge in [-0.1, -0.05) is 12.1 Å². The lowest BCUT2D eigenvalue weighted by atomic mass is 10.0. The van der Waals surface area contributed by atoms with Gasteiger partial charge in [-0.05, 0) is 35.9 Å². The van der Waals surface area contributed by atoms with Crippen molar-refractivity contribution in [2.45, 2.75) is 5.75 Å². The number of fused-ring (bicyclic) bond motifs is 1. The number of oxazole rings is 1. The molecule has 3 aromatic rings. The predicted octanol–water partition coefficient (Wildman–Crippen LogP) is 2.56. The highest BCUT2D eigenvalue weighted by molar-refractivity contribution is 7.88. The highest BCUT2D eigenvalue weighted by Crippen LogP contribution is 2.35. The number of nitrogens with one attached hydrogen (secondary N) is 1. The van der Waals surface area contributed by atoms with Gasteiger partial charge in [0.25, 0.3) is 5.91 Å². The van der Waals surface area contributed by atoms with Crippen molar-refractivity contribution < 1.29 is 17.6 Å². The second kappa shape index (κ2) is 7.19. The second-order valence-corrected chi connectivity index (χ2v) is 8.32. The van der Waals surface area contributed by atoms with Crippen molar-refractivity contribution in [3.8, 4) is 11.3 Å². The van der Waals surface area contributed by atoms with Crippen molar-refractivity contribution in [3.05, 3.63) is 72.4 Å². The Morgan fingerprint density at radius 2 is 1.97 bits per heavy atom. The first-order valence-electron chi connectivity index (χ1n) is 8.69. The molecule has 1 aliphatic heterocycles. The number of nitrogens with two attached hydrogens (primary N) is 1. The minimum Gasteiger partial charge on any atom is -0.444 e. The van der Waals surface area contributed by atoms with Gasteiger partial charge in [-0.25, -0.2) is 18.5 Å². The fraction of sp³-hybridized carbons (Fsp3) is 0.100. The van der Waals surface area contributed by atoms with Crippen LogP contribution in [0.2, 0.25) is 0 Å². The summed E-state index contributed by atoms with van der Waals surface area (Å²) < 4.78 is 27.8. The van der Waals surface area contributed by atoms with Gasteiger partial charge in [0.1, 0.15) is 0 Å². The topological polar surface area (TPSA) is 119 Å². The monoisotopic (exact) mass is 410 g/mol. The molecule has 1 aliphatic rings. The first-order chi connectivity index (χ1) is 13.8. The van der Waals surface area contributed by atoms with Crippen LogP contribution in [0.5, 0.6) is 0 Å². The van der Waals surface area contributed by atoms with Crippen molar-refractivity contribution in [3.63, 3.8) is 0 Å². The fourth-order valence-corrected chi connectivity index (χ4v) is 3.81. The van der Waals surface area contributed by atoms with Gasteiger partial charge in [-0.3, -0.25) is 4.79 Å². The van der Waals surface area contributed by atoms with Crippen LogP contribution < -0.4 is 15.4 Å². The summed E-state index contributed by atoms with van der Waals surface area (Å²) in [6.07, 6.45) is 4.71. The van der Waals surface area contributed by atoms with Crippen molar-refractivity contribution >= 4 is 32.9 Å². The normalized spacial score (nSPS) is 14.7. The van der Waals surface area contributed by atoms with Crippen LogP contribution in [0.4, 0.5) is 11.4 Å². The van der Waals surface area contributed by atoms with Crippen LogP contribution in [0.25, 0.3) is 16.9 Å². The molecule has 4 rings (SSSR count). The van der Waals surface area contributed by atoms with Crippen molar-refractivity contribution in [2.24, 2.45) is 5.14 Å². The number of carbonyl (C=O) groups is 1. The third-order valence-electron chi connectivity index (χ3n) is 4.55. The highest BCUT2D eigenvalue weighted by atomic mass is 32.2. The van der Waals surface area contributed by atoms with E-state index in [1.165, 1.54) is 6.39 Å². The molecule has 1 amide bonds. The number of nitrogens with zero attached hydrogens (tertiary/aromatic N) is 2. The largest absolute Gasteiger partial charge is 0.444 e. The van der Waals surface area contributed by atoms with E-state index in [1.807, 2.05) is 25.2 Å². The molecule has 0 spiro atoms. The molecule has 1 aromatic heterocycles. The molecule has 2 aromatic carbocycles. The Labute approximate surface area is 167 Å². The number of rotatable bonds is 5. The fourth-order valence-electron chi connectivity index (χ4n) is 3.16. The van der Waals surface area contributed by atoms with Gasteiger partial charge < -0.3 is 14.6 Å². The number of primary sulfonamides is 1. The lowest BCUT2D eigenvalue weighted by Gasteiger charge is -2.16. The molecule has 0 atom stereocenters. The molecule has 2 heterocycles. The standard InChI is InChI=1S/C20H18N4O4S/c1-24(15-5-2-13(3-6-15)11-29(21,26)27)10-17-16-8-14(19-9-22-12-28-19)4-7-18(16)23-20(17)25/h2-10,12H,11H2,1H3,(H,23,25)(H2,21,26,27). The number of carbonyl (C=O) groups excluding carboxylic acids is 1. The van der Waals surface area contributed by atoms with E-state index in [0.29, 0.717) is 16.9 Å². The average molecular weight is 410 g/mol. The third kappa shape index (κ3) is 4.05. The molecule has 0 saturated heterocycles. The smallest absolute Gasteiger partial charge is 0.257 e. The summed E-state index contributed by atoms with van der Waals surface area (Å²) in [5.74, 6) is 0.191. The van der Waals surface area contributed by atoms with Gasteiger partial charge in [0.05, 0.1) is 17.5 Å². The minimum absolute atomic E-state index is 0.201. The first kappa shape index (κ1) is 18.9. The maximum absolute atomic E-state index is 12.5. The highest BCUT2D eigenvalue weighted by Gasteiger charge is 2.25. The van der Waals surface area contributed by atoms with E-state index >= 15 is 0 Å². The van der Waals surface area contributed by atoms with Crippen LogP contribution in [0, 0.1) is 0 Å². The van der Waals surface area contributed by atoms with Gasteiger partial charge in [0.2, 0.25) is 10.0 Å². The molecule has 0 radical (unpaired) electrons. The van der Waals surface area contributed by atoms with Crippen LogP contribution in [0.3, 0.4) is 0 Å². The quantitative estimate of drug-likeness (QED) is 0.624. The van der Waals surface area contributed by atoms with E-state index in [-0.39, 0.29) is 11.7 Å². The maximum Gasteiger partial charge on any atom is 0.257 e. The molecular weight excluding hydrogens is 392 g/mol. The second-order valence-electron chi connectivity index (χ2n) is 6.71. The number of amides is 1. The van der Waals surface area contributed by atoms with Gasteiger partial charge in [0, 0.05) is 35.7 Å². The molecule has 0 unspecified atom stereocenters. The number of hydrogen-bond donors (Lipinski definition) is 2. The number of hydrogen-bond acceptors (Lipinski definition) is 6. The van der Waals surface area contributed by atoms with Crippen molar-refractivity contribution in [1.82, 2.24) is 4.98 Å². The van der Waals surface area contributed by atoms with E-state index < -0.39 is 10.0 Å². The molecule has 0 aliphatic carbocycles. The van der Waals surface area contributed by atoms with Gasteiger partial charge in [-0.15, -0.1) is 0 Å². The number of sulfonamides is 1. The van der Waals surface area contributed by atoms with E-state index in [1.54, 1.807) is 41.6 Å². The van der Waals surface area contributed by atoms with Crippen LogP contribution >= 0.6 is 0 Å². The van der Waals surface area contributed by atoms with Crippen molar-refractivity contribution in [2.75, 3.05) is 17.3 Å². The number of benzene rings is 2. The summed E-state index contributed by atoms with van der Waals surface area (Å²) in [6, 6.07) is 12.5. The zero-order chi connectivity index (χ0) is 20.6. The van der Waals surface area contributed by atoms with E-state index in [2.05, 4.69) is 10.3 Å². The lowest BCUT2D eigenvalue weighted by Crippen LogP contribution is -2.15. The molecule has 8 nitrogen and oxygen atoms in total. The Morgan fingerprint density at radius 3 is 2.62 bits per heavy atom. The number of aromatic nitrogens is 1. The maximum atomic E-state index is 12.5. The predicted molar refractivity (Wildman–Crippen MR) is 110 cm³/mol. The van der Waals surface area contributed by atoms with Crippen LogP contribution in [-0.2, 0) is 20.6 Å². The molecule has 0 bridgehead atoms. The molecule has 0 fully saturated rings. The first-order valence-corrected chi connectivity index (χ1v) is 10.4. The Bertz CT molecular complexity index is 1200. The SMILES string of the molecule is CN(C=C1C(=O)Nc2ccc(-c3cnco3)cc21)c1ccc(CS(N)(=O)=O)cc1. The average Bonchev–Trinajstić information content (AvgIpc) is 3.29. The molecular formula is C20H18N4O4S. The van der Waals surface area contributed by atoms with E-state index in [4.69, 9.17) is 9.56 Å². The zero-order valence-electron chi connectivity index (χ0n) is 15.5. The molecule has 3 N–H and O–H groups in total. The number of anilines is 2. The Hall–Kier alpha value is -3.43. The third-order valence-corrected chi connectivity index (χ3v) is 5.29. The van der Waals surface area contributed by atoms with Crippen molar-refractivity contribution in [1.29, 1.82) is 0 Å². The van der Waals surface area contributed by atoms with Crippen LogP contribution in [0.1, 0.15) is 11.1 Å². The van der Waals surface area contributed by atoms with E-state index in [0.717, 1.165) is 22.5 Å². The summed E-state index contributed by atoms with van der Waals surface area (Å²) in [5, 5.41) is 7.93. The summed E-state index contributed by atoms with van der Waals surface area (Å²) in [6.45, 7) is 0. The Kier molecular flexibility index (Phi) is 4.69. The molecule has 148 valence electrons. The van der Waals surface area contributed by atoms with Crippen LogP contribution in [0.15, 0.2) is 65.7 Å². The van der Waals surface area contributed by atoms with Gasteiger partial charge >= 0.3 is 0 Å². The van der Waals surface area contributed by atoms with Gasteiger partial charge in [0.15, 0.2) is 12.2 Å². The zero-order valence-corrected chi connectivity index (χ0v) is 16.3. The summed E-state index contributed by atoms with van der Waals surface area (Å²) in [4.78, 5) is 18.2. The van der Waals surface area contributed by atoms with Gasteiger partial charge in [-0.2, -0.15) is 0 Å². The van der Waals surface area contributed by atoms with Crippen LogP contribution in [-0.4, -0.2) is 26.4 Å². The Morgan fingerprint density at radius 1 is 1.21 bits per heavy atom. The lowest BCUT2D eigenvalue weighted by molar-refractivity contribution is -0.110. The molecule has 29 heavy (non-hydrogen) atoms. The summed E-state index contributed by atoms with van der Waals surface area (Å²) in [7, 11) is -1.77. The summed E-state index contributed by atoms with van der Waals surface area (Å²) in [5.41, 5.74) is 4.21. The summed E-state index contributed by atoms with van der Waals surface area (Å²) >= 11 is 0. The molecule has 9 heteroatoms. The van der Waals surface area contributed by atoms with E-state index in [9.17, 15) is 13.2 Å². The minimum atomic E-state index is -3.58. The Balaban J connectivity index is 1.63. The molecule has 0 saturated carbocycles.